The Morgan fingerprint density at radius 3 is 2.82 bits per heavy atom. The zero-order chi connectivity index (χ0) is 13.0. The van der Waals surface area contributed by atoms with Crippen molar-refractivity contribution in [1.29, 1.82) is 0 Å². The third-order valence-electron chi connectivity index (χ3n) is 3.18. The summed E-state index contributed by atoms with van der Waals surface area (Å²) < 4.78 is 0. The van der Waals surface area contributed by atoms with Gasteiger partial charge in [0.15, 0.2) is 5.78 Å². The van der Waals surface area contributed by atoms with E-state index in [-0.39, 0.29) is 17.6 Å². The first kappa shape index (κ1) is 13.9. The zero-order valence-corrected chi connectivity index (χ0v) is 10.9. The molecule has 0 unspecified atom stereocenters. The molecular formula is C15H22O2. The van der Waals surface area contributed by atoms with Gasteiger partial charge in [0.1, 0.15) is 0 Å². The van der Waals surface area contributed by atoms with Gasteiger partial charge in [0, 0.05) is 6.42 Å². The van der Waals surface area contributed by atoms with Crippen LogP contribution in [-0.4, -0.2) is 17.0 Å². The van der Waals surface area contributed by atoms with Crippen molar-refractivity contribution < 1.29 is 9.90 Å². The molecule has 3 atom stereocenters. The lowest BCUT2D eigenvalue weighted by Crippen LogP contribution is -2.23. The van der Waals surface area contributed by atoms with Gasteiger partial charge >= 0.3 is 0 Å². The Morgan fingerprint density at radius 2 is 2.29 bits per heavy atom. The SMILES string of the molecule is C=C1C=C[C@H]([C@@H](C)CC(=O)C=C(C)C)C[C@@H]1O. The van der Waals surface area contributed by atoms with Gasteiger partial charge in [0.05, 0.1) is 6.10 Å². The Labute approximate surface area is 104 Å². The second-order valence-electron chi connectivity index (χ2n) is 5.22. The first-order valence-electron chi connectivity index (χ1n) is 6.13. The van der Waals surface area contributed by atoms with E-state index >= 15 is 0 Å². The molecule has 2 heteroatoms. The fourth-order valence-electron chi connectivity index (χ4n) is 2.12. The summed E-state index contributed by atoms with van der Waals surface area (Å²) in [5.74, 6) is 0.701. The summed E-state index contributed by atoms with van der Waals surface area (Å²) in [6.07, 6.45) is 6.40. The first-order valence-corrected chi connectivity index (χ1v) is 6.13. The molecule has 1 rings (SSSR count). The van der Waals surface area contributed by atoms with Crippen molar-refractivity contribution in [2.75, 3.05) is 0 Å². The molecule has 1 aliphatic rings. The second kappa shape index (κ2) is 5.97. The maximum atomic E-state index is 11.7. The highest BCUT2D eigenvalue weighted by Crippen LogP contribution is 2.29. The van der Waals surface area contributed by atoms with Gasteiger partial charge in [-0.25, -0.2) is 0 Å². The van der Waals surface area contributed by atoms with Crippen LogP contribution in [0.25, 0.3) is 0 Å². The molecule has 0 saturated carbocycles. The van der Waals surface area contributed by atoms with E-state index in [1.165, 1.54) is 0 Å². The zero-order valence-electron chi connectivity index (χ0n) is 10.9. The largest absolute Gasteiger partial charge is 0.388 e. The molecule has 2 nitrogen and oxygen atoms in total. The monoisotopic (exact) mass is 234 g/mol. The Balaban J connectivity index is 2.57. The Bertz CT molecular complexity index is 359. The van der Waals surface area contributed by atoms with Crippen molar-refractivity contribution in [3.05, 3.63) is 36.0 Å². The molecule has 0 amide bonds. The summed E-state index contributed by atoms with van der Waals surface area (Å²) in [6, 6.07) is 0. The highest BCUT2D eigenvalue weighted by molar-refractivity contribution is 5.90. The molecular weight excluding hydrogens is 212 g/mol. The lowest BCUT2D eigenvalue weighted by Gasteiger charge is -2.27. The van der Waals surface area contributed by atoms with Gasteiger partial charge in [0.2, 0.25) is 0 Å². The summed E-state index contributed by atoms with van der Waals surface area (Å²) in [4.78, 5) is 11.7. The minimum Gasteiger partial charge on any atom is -0.388 e. The molecule has 0 aromatic carbocycles. The van der Waals surface area contributed by atoms with Crippen LogP contribution in [0.1, 0.15) is 33.6 Å². The molecule has 0 bridgehead atoms. The van der Waals surface area contributed by atoms with Crippen LogP contribution in [0.4, 0.5) is 0 Å². The number of carbonyl (C=O) groups excluding carboxylic acids is 1. The summed E-state index contributed by atoms with van der Waals surface area (Å²) in [5, 5.41) is 9.73. The maximum absolute atomic E-state index is 11.7. The number of hydrogen-bond donors (Lipinski definition) is 1. The minimum atomic E-state index is -0.453. The third-order valence-corrected chi connectivity index (χ3v) is 3.18. The molecule has 1 N–H and O–H groups in total. The van der Waals surface area contributed by atoms with Gasteiger partial charge in [-0.05, 0) is 43.8 Å². The van der Waals surface area contributed by atoms with Gasteiger partial charge in [-0.2, -0.15) is 0 Å². The van der Waals surface area contributed by atoms with Crippen molar-refractivity contribution in [1.82, 2.24) is 0 Å². The van der Waals surface area contributed by atoms with Crippen LogP contribution in [0.3, 0.4) is 0 Å². The van der Waals surface area contributed by atoms with Gasteiger partial charge in [-0.1, -0.05) is 31.2 Å². The molecule has 1 aliphatic carbocycles. The van der Waals surface area contributed by atoms with Crippen molar-refractivity contribution in [2.24, 2.45) is 11.8 Å². The number of carbonyl (C=O) groups is 1. The van der Waals surface area contributed by atoms with E-state index in [0.717, 1.165) is 11.1 Å². The Morgan fingerprint density at radius 1 is 1.65 bits per heavy atom. The molecule has 0 aromatic heterocycles. The van der Waals surface area contributed by atoms with Crippen LogP contribution in [0.15, 0.2) is 36.0 Å². The summed E-state index contributed by atoms with van der Waals surface area (Å²) in [6.45, 7) is 9.69. The van der Waals surface area contributed by atoms with Gasteiger partial charge in [0.25, 0.3) is 0 Å². The quantitative estimate of drug-likeness (QED) is 0.759. The van der Waals surface area contributed by atoms with Crippen molar-refractivity contribution in [3.63, 3.8) is 0 Å². The predicted octanol–water partition coefficient (Wildman–Crippen LogP) is 3.04. The fourth-order valence-corrected chi connectivity index (χ4v) is 2.12. The molecule has 17 heavy (non-hydrogen) atoms. The van der Waals surface area contributed by atoms with Gasteiger partial charge < -0.3 is 5.11 Å². The first-order chi connectivity index (χ1) is 7.90. The number of allylic oxidation sites excluding steroid dienone is 3. The fraction of sp³-hybridized carbons (Fsp3) is 0.533. The molecule has 0 fully saturated rings. The van der Waals surface area contributed by atoms with E-state index in [4.69, 9.17) is 0 Å². The average molecular weight is 234 g/mol. The molecule has 0 aliphatic heterocycles. The third kappa shape index (κ3) is 4.31. The van der Waals surface area contributed by atoms with E-state index in [9.17, 15) is 9.90 Å². The van der Waals surface area contributed by atoms with Crippen molar-refractivity contribution in [3.8, 4) is 0 Å². The molecule has 0 aromatic rings. The van der Waals surface area contributed by atoms with E-state index in [2.05, 4.69) is 19.6 Å². The molecule has 0 saturated heterocycles. The van der Waals surface area contributed by atoms with Crippen LogP contribution >= 0.6 is 0 Å². The topological polar surface area (TPSA) is 37.3 Å². The standard InChI is InChI=1S/C15H22O2/c1-10(2)7-14(16)8-12(4)13-6-5-11(3)15(17)9-13/h5-7,12-13,15,17H,3,8-9H2,1-2,4H3/t12-,13-,15-/m0/s1. The Hall–Kier alpha value is -1.15. The predicted molar refractivity (Wildman–Crippen MR) is 70.6 cm³/mol. The molecule has 94 valence electrons. The Kier molecular flexibility index (Phi) is 4.88. The summed E-state index contributed by atoms with van der Waals surface area (Å²) in [7, 11) is 0. The number of aliphatic hydroxyl groups excluding tert-OH is 1. The minimum absolute atomic E-state index is 0.171. The van der Waals surface area contributed by atoms with E-state index in [1.807, 2.05) is 19.9 Å². The summed E-state index contributed by atoms with van der Waals surface area (Å²) in [5.41, 5.74) is 1.80. The normalized spacial score (nSPS) is 25.5. The lowest BCUT2D eigenvalue weighted by molar-refractivity contribution is -0.115. The summed E-state index contributed by atoms with van der Waals surface area (Å²) >= 11 is 0. The van der Waals surface area contributed by atoms with Crippen LogP contribution < -0.4 is 0 Å². The van der Waals surface area contributed by atoms with Crippen LogP contribution in [-0.2, 0) is 4.79 Å². The molecule has 0 heterocycles. The number of hydrogen-bond acceptors (Lipinski definition) is 2. The highest BCUT2D eigenvalue weighted by atomic mass is 16.3. The lowest BCUT2D eigenvalue weighted by atomic mass is 9.80. The second-order valence-corrected chi connectivity index (χ2v) is 5.22. The van der Waals surface area contributed by atoms with E-state index in [0.29, 0.717) is 12.8 Å². The van der Waals surface area contributed by atoms with Crippen LogP contribution in [0.5, 0.6) is 0 Å². The highest BCUT2D eigenvalue weighted by Gasteiger charge is 2.24. The number of rotatable bonds is 4. The van der Waals surface area contributed by atoms with Gasteiger partial charge in [-0.15, -0.1) is 0 Å². The van der Waals surface area contributed by atoms with Crippen molar-refractivity contribution >= 4 is 5.78 Å². The van der Waals surface area contributed by atoms with Crippen molar-refractivity contribution in [2.45, 2.75) is 39.7 Å². The molecule has 0 radical (unpaired) electrons. The number of aliphatic hydroxyl groups is 1. The average Bonchev–Trinajstić information content (AvgIpc) is 2.20. The smallest absolute Gasteiger partial charge is 0.155 e. The van der Waals surface area contributed by atoms with Crippen LogP contribution in [0, 0.1) is 11.8 Å². The maximum Gasteiger partial charge on any atom is 0.155 e. The van der Waals surface area contributed by atoms with Crippen LogP contribution in [0.2, 0.25) is 0 Å². The number of ketones is 1. The van der Waals surface area contributed by atoms with E-state index in [1.54, 1.807) is 6.08 Å². The van der Waals surface area contributed by atoms with Gasteiger partial charge in [-0.3, -0.25) is 4.79 Å². The van der Waals surface area contributed by atoms with E-state index < -0.39 is 6.10 Å². The molecule has 0 spiro atoms.